The molecule has 1 saturated heterocycles. The third-order valence-corrected chi connectivity index (χ3v) is 5.75. The van der Waals surface area contributed by atoms with Crippen LogP contribution in [0.5, 0.6) is 11.5 Å². The van der Waals surface area contributed by atoms with Gasteiger partial charge in [0.15, 0.2) is 11.5 Å². The van der Waals surface area contributed by atoms with Crippen LogP contribution in [-0.2, 0) is 22.6 Å². The highest BCUT2D eigenvalue weighted by molar-refractivity contribution is 5.99. The van der Waals surface area contributed by atoms with Crippen molar-refractivity contribution in [2.75, 3.05) is 24.8 Å². The Hall–Kier alpha value is -3.02. The molecule has 3 heterocycles. The number of ether oxygens (including phenoxy) is 2. The van der Waals surface area contributed by atoms with Crippen LogP contribution in [0.3, 0.4) is 0 Å². The van der Waals surface area contributed by atoms with Crippen molar-refractivity contribution in [3.8, 4) is 11.5 Å². The van der Waals surface area contributed by atoms with Crippen LogP contribution in [0, 0.1) is 5.92 Å². The van der Waals surface area contributed by atoms with Crippen molar-refractivity contribution in [2.24, 2.45) is 5.92 Å². The molecule has 3 aliphatic rings. The average molecular weight is 378 g/mol. The monoisotopic (exact) mass is 378 g/mol. The number of rotatable bonds is 3. The first kappa shape index (κ1) is 17.1. The molecular formula is C22H22N2O4. The lowest BCUT2D eigenvalue weighted by Gasteiger charge is -2.31. The normalized spacial score (nSPS) is 20.4. The number of hydrogen-bond donors (Lipinski definition) is 0. The molecule has 6 nitrogen and oxygen atoms in total. The zero-order chi connectivity index (χ0) is 19.1. The van der Waals surface area contributed by atoms with Gasteiger partial charge in [0.2, 0.25) is 18.6 Å². The molecule has 28 heavy (non-hydrogen) atoms. The number of hydrogen-bond acceptors (Lipinski definition) is 4. The zero-order valence-electron chi connectivity index (χ0n) is 15.6. The number of carbonyl (C=O) groups excluding carboxylic acids is 2. The summed E-state index contributed by atoms with van der Waals surface area (Å²) in [7, 11) is 0. The summed E-state index contributed by atoms with van der Waals surface area (Å²) in [5, 5.41) is 0. The lowest BCUT2D eigenvalue weighted by atomic mass is 9.99. The Bertz CT molecular complexity index is 942. The molecule has 6 heteroatoms. The van der Waals surface area contributed by atoms with Gasteiger partial charge in [-0.1, -0.05) is 24.3 Å². The van der Waals surface area contributed by atoms with Crippen LogP contribution in [0.15, 0.2) is 42.5 Å². The predicted octanol–water partition coefficient (Wildman–Crippen LogP) is 2.74. The molecule has 3 aliphatic heterocycles. The van der Waals surface area contributed by atoms with Crippen LogP contribution in [0.2, 0.25) is 0 Å². The van der Waals surface area contributed by atoms with E-state index in [1.54, 1.807) is 4.90 Å². The number of carbonyl (C=O) groups is 2. The minimum Gasteiger partial charge on any atom is -0.454 e. The lowest BCUT2D eigenvalue weighted by molar-refractivity contribution is -0.128. The van der Waals surface area contributed by atoms with Crippen LogP contribution < -0.4 is 14.4 Å². The molecule has 0 spiro atoms. The molecule has 0 radical (unpaired) electrons. The Morgan fingerprint density at radius 1 is 1.11 bits per heavy atom. The summed E-state index contributed by atoms with van der Waals surface area (Å²) in [6, 6.07) is 13.8. The van der Waals surface area contributed by atoms with Gasteiger partial charge in [-0.05, 0) is 42.2 Å². The molecule has 1 unspecified atom stereocenters. The van der Waals surface area contributed by atoms with Gasteiger partial charge < -0.3 is 19.3 Å². The molecule has 1 atom stereocenters. The first-order valence-electron chi connectivity index (χ1n) is 9.74. The quantitative estimate of drug-likeness (QED) is 0.824. The Morgan fingerprint density at radius 2 is 1.96 bits per heavy atom. The number of fused-ring (bicyclic) bond motifs is 2. The molecule has 144 valence electrons. The summed E-state index contributed by atoms with van der Waals surface area (Å²) in [4.78, 5) is 29.4. The number of benzene rings is 2. The summed E-state index contributed by atoms with van der Waals surface area (Å²) in [5.74, 6) is 1.25. The van der Waals surface area contributed by atoms with Crippen LogP contribution in [0.25, 0.3) is 0 Å². The van der Waals surface area contributed by atoms with Crippen molar-refractivity contribution in [3.63, 3.8) is 0 Å². The van der Waals surface area contributed by atoms with Crippen molar-refractivity contribution >= 4 is 17.5 Å². The second kappa shape index (κ2) is 6.86. The highest BCUT2D eigenvalue weighted by Gasteiger charge is 2.37. The maximum Gasteiger partial charge on any atom is 0.232 e. The summed E-state index contributed by atoms with van der Waals surface area (Å²) < 4.78 is 10.8. The molecule has 0 N–H and O–H groups in total. The van der Waals surface area contributed by atoms with E-state index in [4.69, 9.17) is 9.47 Å². The van der Waals surface area contributed by atoms with Gasteiger partial charge >= 0.3 is 0 Å². The zero-order valence-corrected chi connectivity index (χ0v) is 15.6. The fourth-order valence-corrected chi connectivity index (χ4v) is 4.33. The van der Waals surface area contributed by atoms with Crippen molar-refractivity contribution in [1.29, 1.82) is 0 Å². The van der Waals surface area contributed by atoms with E-state index in [2.05, 4.69) is 6.07 Å². The molecule has 5 rings (SSSR count). The molecular weight excluding hydrogens is 356 g/mol. The van der Waals surface area contributed by atoms with Gasteiger partial charge in [0.05, 0.1) is 5.92 Å². The first-order valence-corrected chi connectivity index (χ1v) is 9.74. The number of amides is 2. The van der Waals surface area contributed by atoms with Gasteiger partial charge in [-0.15, -0.1) is 0 Å². The highest BCUT2D eigenvalue weighted by Crippen LogP contribution is 2.34. The minimum absolute atomic E-state index is 0.0290. The smallest absolute Gasteiger partial charge is 0.232 e. The van der Waals surface area contributed by atoms with E-state index >= 15 is 0 Å². The largest absolute Gasteiger partial charge is 0.454 e. The Balaban J connectivity index is 1.30. The van der Waals surface area contributed by atoms with Gasteiger partial charge in [-0.2, -0.15) is 0 Å². The van der Waals surface area contributed by atoms with Gasteiger partial charge in [0.25, 0.3) is 0 Å². The van der Waals surface area contributed by atoms with E-state index in [1.165, 1.54) is 5.56 Å². The van der Waals surface area contributed by atoms with Crippen molar-refractivity contribution in [1.82, 2.24) is 4.90 Å². The maximum absolute atomic E-state index is 13.2. The summed E-state index contributed by atoms with van der Waals surface area (Å²) in [5.41, 5.74) is 3.19. The van der Waals surface area contributed by atoms with Crippen molar-refractivity contribution < 1.29 is 19.1 Å². The summed E-state index contributed by atoms with van der Waals surface area (Å²) in [6.45, 7) is 1.90. The van der Waals surface area contributed by atoms with Crippen molar-refractivity contribution in [2.45, 2.75) is 25.8 Å². The van der Waals surface area contributed by atoms with Crippen molar-refractivity contribution in [3.05, 3.63) is 53.6 Å². The second-order valence-electron chi connectivity index (χ2n) is 7.59. The summed E-state index contributed by atoms with van der Waals surface area (Å²) >= 11 is 0. The number of likely N-dealkylation sites (tertiary alicyclic amines) is 1. The lowest BCUT2D eigenvalue weighted by Crippen LogP contribution is -2.40. The Kier molecular flexibility index (Phi) is 4.19. The van der Waals surface area contributed by atoms with Crippen LogP contribution in [-0.4, -0.2) is 36.6 Å². The third-order valence-electron chi connectivity index (χ3n) is 5.75. The Labute approximate surface area is 163 Å². The van der Waals surface area contributed by atoms with E-state index in [0.717, 1.165) is 36.4 Å². The van der Waals surface area contributed by atoms with E-state index in [9.17, 15) is 9.59 Å². The van der Waals surface area contributed by atoms with E-state index in [1.807, 2.05) is 41.3 Å². The maximum atomic E-state index is 13.2. The molecule has 0 aliphatic carbocycles. The molecule has 2 aromatic carbocycles. The second-order valence-corrected chi connectivity index (χ2v) is 7.59. The van der Waals surface area contributed by atoms with Gasteiger partial charge in [0.1, 0.15) is 0 Å². The van der Waals surface area contributed by atoms with Crippen LogP contribution >= 0.6 is 0 Å². The van der Waals surface area contributed by atoms with Gasteiger partial charge in [-0.3, -0.25) is 9.59 Å². The summed E-state index contributed by atoms with van der Waals surface area (Å²) in [6.07, 6.45) is 2.24. The predicted molar refractivity (Wildman–Crippen MR) is 103 cm³/mol. The van der Waals surface area contributed by atoms with Gasteiger partial charge in [-0.25, -0.2) is 0 Å². The third kappa shape index (κ3) is 2.99. The molecule has 0 aromatic heterocycles. The first-order chi connectivity index (χ1) is 13.7. The number of anilines is 1. The van der Waals surface area contributed by atoms with E-state index in [0.29, 0.717) is 18.8 Å². The van der Waals surface area contributed by atoms with E-state index in [-0.39, 0.29) is 30.9 Å². The molecule has 0 saturated carbocycles. The molecule has 2 amide bonds. The molecule has 2 aromatic rings. The fourth-order valence-electron chi connectivity index (χ4n) is 4.33. The Morgan fingerprint density at radius 3 is 2.89 bits per heavy atom. The number of para-hydroxylation sites is 1. The SMILES string of the molecule is O=C1CC(C(=O)N2CCCc3ccccc32)CN1Cc1ccc2c(c1)OCO2. The van der Waals surface area contributed by atoms with Crippen LogP contribution in [0.4, 0.5) is 5.69 Å². The fraction of sp³-hybridized carbons (Fsp3) is 0.364. The molecule has 0 bridgehead atoms. The van der Waals surface area contributed by atoms with E-state index < -0.39 is 0 Å². The minimum atomic E-state index is -0.285. The molecule has 1 fully saturated rings. The van der Waals surface area contributed by atoms with Gasteiger partial charge in [0, 0.05) is 31.7 Å². The number of aryl methyl sites for hydroxylation is 1. The topological polar surface area (TPSA) is 59.1 Å². The average Bonchev–Trinajstić information content (AvgIpc) is 3.33. The van der Waals surface area contributed by atoms with Crippen LogP contribution in [0.1, 0.15) is 24.0 Å². The number of nitrogens with zero attached hydrogens (tertiary/aromatic N) is 2. The standard InChI is InChI=1S/C22H22N2O4/c25-21-11-17(22(26)24-9-3-5-16-4-1-2-6-18(16)24)13-23(21)12-15-7-8-19-20(10-15)28-14-27-19/h1-2,4,6-8,10,17H,3,5,9,11-14H2. The highest BCUT2D eigenvalue weighted by atomic mass is 16.7.